The minimum absolute atomic E-state index is 0.404. The van der Waals surface area contributed by atoms with Crippen LogP contribution in [0.4, 0.5) is 0 Å². The zero-order valence-corrected chi connectivity index (χ0v) is 12.9. The topological polar surface area (TPSA) is 46.2 Å². The molecule has 1 aromatic rings. The van der Waals surface area contributed by atoms with Gasteiger partial charge in [0.1, 0.15) is 0 Å². The molecule has 0 amide bonds. The summed E-state index contributed by atoms with van der Waals surface area (Å²) in [4.78, 5) is 0.404. The van der Waals surface area contributed by atoms with E-state index in [1.165, 1.54) is 43.9 Å². The van der Waals surface area contributed by atoms with E-state index in [1.807, 2.05) is 12.1 Å². The number of sulfone groups is 1. The summed E-state index contributed by atoms with van der Waals surface area (Å²) in [5.74, 6) is 0. The van der Waals surface area contributed by atoms with Crippen molar-refractivity contribution < 1.29 is 8.42 Å². The SMILES string of the molecule is CS(=O)(=O)c1ccc(CCN[C@@H]2CCC23CCC3)cc1. The highest BCUT2D eigenvalue weighted by molar-refractivity contribution is 7.90. The second-order valence-electron chi connectivity index (χ2n) is 6.43. The standard InChI is InChI=1S/C16H23NO2S/c1-20(18,19)14-5-3-13(4-6-14)8-12-17-15-7-11-16(15)9-2-10-16/h3-6,15,17H,2,7-12H2,1H3/t15-/m1/s1. The van der Waals surface area contributed by atoms with Crippen LogP contribution in [-0.4, -0.2) is 27.3 Å². The molecule has 20 heavy (non-hydrogen) atoms. The van der Waals surface area contributed by atoms with Crippen LogP contribution in [0.3, 0.4) is 0 Å². The molecule has 3 nitrogen and oxygen atoms in total. The van der Waals surface area contributed by atoms with Gasteiger partial charge in [0.15, 0.2) is 9.84 Å². The third-order valence-electron chi connectivity index (χ3n) is 5.18. The highest BCUT2D eigenvalue weighted by atomic mass is 32.2. The molecule has 0 saturated heterocycles. The summed E-state index contributed by atoms with van der Waals surface area (Å²) in [6, 6.07) is 8.00. The van der Waals surface area contributed by atoms with Gasteiger partial charge in [0.2, 0.25) is 0 Å². The first-order valence-electron chi connectivity index (χ1n) is 7.52. The van der Waals surface area contributed by atoms with E-state index in [-0.39, 0.29) is 0 Å². The summed E-state index contributed by atoms with van der Waals surface area (Å²) in [7, 11) is -3.08. The second-order valence-corrected chi connectivity index (χ2v) is 8.44. The maximum absolute atomic E-state index is 11.4. The molecule has 0 radical (unpaired) electrons. The molecule has 2 saturated carbocycles. The van der Waals surface area contributed by atoms with Gasteiger partial charge < -0.3 is 5.32 Å². The average molecular weight is 293 g/mol. The Balaban J connectivity index is 1.49. The van der Waals surface area contributed by atoms with Gasteiger partial charge in [-0.1, -0.05) is 18.6 Å². The van der Waals surface area contributed by atoms with Crippen LogP contribution in [0.25, 0.3) is 0 Å². The highest BCUT2D eigenvalue weighted by Gasteiger charge is 2.49. The summed E-state index contributed by atoms with van der Waals surface area (Å²) in [6.45, 7) is 0.991. The molecule has 0 unspecified atom stereocenters. The van der Waals surface area contributed by atoms with E-state index in [2.05, 4.69) is 5.32 Å². The van der Waals surface area contributed by atoms with E-state index in [0.29, 0.717) is 10.3 Å². The van der Waals surface area contributed by atoms with Crippen molar-refractivity contribution in [2.75, 3.05) is 12.8 Å². The predicted octanol–water partition coefficient (Wildman–Crippen LogP) is 2.55. The van der Waals surface area contributed by atoms with Gasteiger partial charge in [-0.3, -0.25) is 0 Å². The van der Waals surface area contributed by atoms with Gasteiger partial charge in [-0.15, -0.1) is 0 Å². The first kappa shape index (κ1) is 14.1. The predicted molar refractivity (Wildman–Crippen MR) is 80.6 cm³/mol. The number of hydrogen-bond acceptors (Lipinski definition) is 3. The maximum Gasteiger partial charge on any atom is 0.175 e. The fourth-order valence-corrected chi connectivity index (χ4v) is 4.17. The van der Waals surface area contributed by atoms with Crippen molar-refractivity contribution >= 4 is 9.84 Å². The monoisotopic (exact) mass is 293 g/mol. The van der Waals surface area contributed by atoms with E-state index in [1.54, 1.807) is 12.1 Å². The average Bonchev–Trinajstić information content (AvgIpc) is 2.31. The summed E-state index contributed by atoms with van der Waals surface area (Å²) < 4.78 is 22.8. The molecule has 4 heteroatoms. The van der Waals surface area contributed by atoms with Gasteiger partial charge in [-0.25, -0.2) is 8.42 Å². The molecule has 1 spiro atoms. The zero-order chi connectivity index (χ0) is 14.2. The lowest BCUT2D eigenvalue weighted by Gasteiger charge is -2.56. The highest BCUT2D eigenvalue weighted by Crippen LogP contribution is 2.55. The van der Waals surface area contributed by atoms with Crippen molar-refractivity contribution in [3.63, 3.8) is 0 Å². The van der Waals surface area contributed by atoms with E-state index in [0.717, 1.165) is 19.0 Å². The van der Waals surface area contributed by atoms with Crippen molar-refractivity contribution in [2.45, 2.75) is 49.5 Å². The third kappa shape index (κ3) is 2.63. The van der Waals surface area contributed by atoms with E-state index in [4.69, 9.17) is 0 Å². The number of hydrogen-bond donors (Lipinski definition) is 1. The molecule has 110 valence electrons. The Morgan fingerprint density at radius 1 is 1.20 bits per heavy atom. The lowest BCUT2D eigenvalue weighted by molar-refractivity contribution is -0.0168. The van der Waals surface area contributed by atoms with E-state index in [9.17, 15) is 8.42 Å². The van der Waals surface area contributed by atoms with Crippen molar-refractivity contribution in [3.8, 4) is 0 Å². The Kier molecular flexibility index (Phi) is 3.63. The Morgan fingerprint density at radius 2 is 1.90 bits per heavy atom. The van der Waals surface area contributed by atoms with Gasteiger partial charge in [-0.2, -0.15) is 0 Å². The van der Waals surface area contributed by atoms with Crippen LogP contribution >= 0.6 is 0 Å². The van der Waals surface area contributed by atoms with Crippen molar-refractivity contribution in [1.29, 1.82) is 0 Å². The molecule has 0 bridgehead atoms. The van der Waals surface area contributed by atoms with Gasteiger partial charge in [0.25, 0.3) is 0 Å². The second kappa shape index (κ2) is 5.15. The molecule has 0 aromatic heterocycles. The van der Waals surface area contributed by atoms with E-state index >= 15 is 0 Å². The fourth-order valence-electron chi connectivity index (χ4n) is 3.54. The van der Waals surface area contributed by atoms with Crippen molar-refractivity contribution in [2.24, 2.45) is 5.41 Å². The van der Waals surface area contributed by atoms with Gasteiger partial charge in [0.05, 0.1) is 4.90 Å². The summed E-state index contributed by atoms with van der Waals surface area (Å²) in [6.07, 6.45) is 9.18. The minimum Gasteiger partial charge on any atom is -0.313 e. The first-order valence-corrected chi connectivity index (χ1v) is 9.41. The molecule has 3 rings (SSSR count). The molecule has 0 heterocycles. The third-order valence-corrected chi connectivity index (χ3v) is 6.30. The van der Waals surface area contributed by atoms with Crippen LogP contribution in [0.1, 0.15) is 37.7 Å². The Hall–Kier alpha value is -0.870. The summed E-state index contributed by atoms with van der Waals surface area (Å²) in [5.41, 5.74) is 1.85. The molecule has 2 fully saturated rings. The van der Waals surface area contributed by atoms with Crippen LogP contribution in [0.2, 0.25) is 0 Å². The lowest BCUT2D eigenvalue weighted by Crippen LogP contribution is -2.57. The number of nitrogens with one attached hydrogen (secondary N) is 1. The molecule has 1 aromatic carbocycles. The molecule has 1 N–H and O–H groups in total. The molecule has 0 aliphatic heterocycles. The van der Waals surface area contributed by atoms with Crippen molar-refractivity contribution in [3.05, 3.63) is 29.8 Å². The van der Waals surface area contributed by atoms with Crippen LogP contribution in [0.5, 0.6) is 0 Å². The first-order chi connectivity index (χ1) is 9.50. The van der Waals surface area contributed by atoms with Gasteiger partial charge >= 0.3 is 0 Å². The normalized spacial score (nSPS) is 24.1. The molecular weight excluding hydrogens is 270 g/mol. The Labute approximate surface area is 121 Å². The minimum atomic E-state index is -3.08. The maximum atomic E-state index is 11.4. The number of rotatable bonds is 5. The van der Waals surface area contributed by atoms with Crippen LogP contribution < -0.4 is 5.32 Å². The Bertz CT molecular complexity index is 567. The Morgan fingerprint density at radius 3 is 2.35 bits per heavy atom. The fraction of sp³-hybridized carbons (Fsp3) is 0.625. The summed E-state index contributed by atoms with van der Waals surface area (Å²) in [5, 5.41) is 3.69. The van der Waals surface area contributed by atoms with Crippen LogP contribution in [0.15, 0.2) is 29.2 Å². The molecule has 2 aliphatic carbocycles. The zero-order valence-electron chi connectivity index (χ0n) is 12.1. The van der Waals surface area contributed by atoms with Crippen LogP contribution in [-0.2, 0) is 16.3 Å². The van der Waals surface area contributed by atoms with Crippen LogP contribution in [0, 0.1) is 5.41 Å². The molecule has 2 aliphatic rings. The smallest absolute Gasteiger partial charge is 0.175 e. The molecule has 1 atom stereocenters. The largest absolute Gasteiger partial charge is 0.313 e. The summed E-state index contributed by atoms with van der Waals surface area (Å²) >= 11 is 0. The quantitative estimate of drug-likeness (QED) is 0.907. The molecular formula is C16H23NO2S. The van der Waals surface area contributed by atoms with Gasteiger partial charge in [-0.05, 0) is 61.8 Å². The van der Waals surface area contributed by atoms with Gasteiger partial charge in [0, 0.05) is 12.3 Å². The lowest BCUT2D eigenvalue weighted by atomic mass is 9.53. The van der Waals surface area contributed by atoms with E-state index < -0.39 is 9.84 Å². The van der Waals surface area contributed by atoms with Crippen molar-refractivity contribution in [1.82, 2.24) is 5.32 Å². The number of benzene rings is 1.